The van der Waals surface area contributed by atoms with Crippen molar-refractivity contribution in [2.75, 3.05) is 6.54 Å². The Bertz CT molecular complexity index is 656. The van der Waals surface area contributed by atoms with E-state index in [0.717, 1.165) is 12.1 Å². The number of benzene rings is 1. The summed E-state index contributed by atoms with van der Waals surface area (Å²) in [7, 11) is 0. The molecule has 24 heavy (non-hydrogen) atoms. The highest BCUT2D eigenvalue weighted by atomic mass is 19.2. The lowest BCUT2D eigenvalue weighted by atomic mass is 9.88. The predicted molar refractivity (Wildman–Crippen MR) is 82.6 cm³/mol. The Balaban J connectivity index is 2.33. The molecule has 1 saturated heterocycles. The SMILES string of the molecule is CC(C)(C)OC(=O)N1CCCC1(Cc1ccc(F)c(F)c1)C(=O)O. The third-order valence-electron chi connectivity index (χ3n) is 3.98. The first-order valence-electron chi connectivity index (χ1n) is 7.73. The molecule has 1 N–H and O–H groups in total. The van der Waals surface area contributed by atoms with Crippen molar-refractivity contribution < 1.29 is 28.2 Å². The van der Waals surface area contributed by atoms with Crippen LogP contribution >= 0.6 is 0 Å². The van der Waals surface area contributed by atoms with Gasteiger partial charge in [0.05, 0.1) is 0 Å². The molecule has 0 spiro atoms. The highest BCUT2D eigenvalue weighted by Crippen LogP contribution is 2.34. The minimum atomic E-state index is -1.52. The van der Waals surface area contributed by atoms with E-state index >= 15 is 0 Å². The number of carbonyl (C=O) groups excluding carboxylic acids is 1. The summed E-state index contributed by atoms with van der Waals surface area (Å²) in [5.74, 6) is -3.23. The van der Waals surface area contributed by atoms with E-state index in [2.05, 4.69) is 0 Å². The molecule has 1 aliphatic heterocycles. The van der Waals surface area contributed by atoms with Crippen molar-refractivity contribution in [3.8, 4) is 0 Å². The Labute approximate surface area is 139 Å². The van der Waals surface area contributed by atoms with E-state index in [1.54, 1.807) is 20.8 Å². The molecule has 2 rings (SSSR count). The van der Waals surface area contributed by atoms with Gasteiger partial charge in [-0.3, -0.25) is 4.90 Å². The maximum Gasteiger partial charge on any atom is 0.411 e. The number of carbonyl (C=O) groups is 2. The quantitative estimate of drug-likeness (QED) is 0.915. The molecule has 1 fully saturated rings. The van der Waals surface area contributed by atoms with Gasteiger partial charge in [-0.25, -0.2) is 18.4 Å². The number of halogens is 2. The summed E-state index contributed by atoms with van der Waals surface area (Å²) in [6.45, 7) is 5.32. The molecule has 0 aromatic heterocycles. The highest BCUT2D eigenvalue weighted by Gasteiger charge is 2.51. The Hall–Kier alpha value is -2.18. The number of ether oxygens (including phenoxy) is 1. The van der Waals surface area contributed by atoms with Crippen LogP contribution in [0, 0.1) is 11.6 Å². The van der Waals surface area contributed by atoms with Crippen molar-refractivity contribution in [1.29, 1.82) is 0 Å². The van der Waals surface area contributed by atoms with Gasteiger partial charge in [0, 0.05) is 13.0 Å². The van der Waals surface area contributed by atoms with Crippen molar-refractivity contribution in [1.82, 2.24) is 4.90 Å². The van der Waals surface area contributed by atoms with Crippen LogP contribution in [0.2, 0.25) is 0 Å². The Morgan fingerprint density at radius 2 is 1.96 bits per heavy atom. The monoisotopic (exact) mass is 341 g/mol. The molecular weight excluding hydrogens is 320 g/mol. The highest BCUT2D eigenvalue weighted by molar-refractivity contribution is 5.85. The summed E-state index contributed by atoms with van der Waals surface area (Å²) in [6.07, 6.45) is -0.112. The second-order valence-corrected chi connectivity index (χ2v) is 7.00. The van der Waals surface area contributed by atoms with E-state index in [1.807, 2.05) is 0 Å². The van der Waals surface area contributed by atoms with Crippen molar-refractivity contribution in [3.63, 3.8) is 0 Å². The fourth-order valence-electron chi connectivity index (χ4n) is 2.93. The first kappa shape index (κ1) is 18.2. The predicted octanol–water partition coefficient (Wildman–Crippen LogP) is 3.36. The number of hydrogen-bond acceptors (Lipinski definition) is 3. The largest absolute Gasteiger partial charge is 0.479 e. The van der Waals surface area contributed by atoms with E-state index in [9.17, 15) is 23.5 Å². The third kappa shape index (κ3) is 3.66. The van der Waals surface area contributed by atoms with E-state index in [-0.39, 0.29) is 19.4 Å². The average molecular weight is 341 g/mol. The molecule has 132 valence electrons. The Morgan fingerprint density at radius 1 is 1.29 bits per heavy atom. The Morgan fingerprint density at radius 3 is 2.50 bits per heavy atom. The maximum atomic E-state index is 13.4. The van der Waals surface area contributed by atoms with Crippen LogP contribution in [0.5, 0.6) is 0 Å². The third-order valence-corrected chi connectivity index (χ3v) is 3.98. The first-order chi connectivity index (χ1) is 11.0. The Kier molecular flexibility index (Phi) is 4.82. The number of amides is 1. The molecule has 1 heterocycles. The van der Waals surface area contributed by atoms with Crippen LogP contribution in [0.4, 0.5) is 13.6 Å². The van der Waals surface area contributed by atoms with Gasteiger partial charge < -0.3 is 9.84 Å². The van der Waals surface area contributed by atoms with Crippen molar-refractivity contribution in [2.45, 2.75) is 51.2 Å². The lowest BCUT2D eigenvalue weighted by molar-refractivity contribution is -0.149. The number of nitrogens with zero attached hydrogens (tertiary/aromatic N) is 1. The van der Waals surface area contributed by atoms with E-state index < -0.39 is 34.8 Å². The maximum absolute atomic E-state index is 13.4. The summed E-state index contributed by atoms with van der Waals surface area (Å²) < 4.78 is 31.8. The molecule has 0 aliphatic carbocycles. The van der Waals surface area contributed by atoms with E-state index in [0.29, 0.717) is 12.0 Å². The lowest BCUT2D eigenvalue weighted by Gasteiger charge is -2.36. The molecule has 0 saturated carbocycles. The molecule has 5 nitrogen and oxygen atoms in total. The zero-order valence-electron chi connectivity index (χ0n) is 13.9. The number of likely N-dealkylation sites (tertiary alicyclic amines) is 1. The van der Waals surface area contributed by atoms with Gasteiger partial charge >= 0.3 is 12.1 Å². The lowest BCUT2D eigenvalue weighted by Crippen LogP contribution is -2.55. The molecule has 1 unspecified atom stereocenters. The fourth-order valence-corrected chi connectivity index (χ4v) is 2.93. The van der Waals surface area contributed by atoms with Crippen LogP contribution in [0.15, 0.2) is 18.2 Å². The summed E-state index contributed by atoms with van der Waals surface area (Å²) in [4.78, 5) is 25.5. The van der Waals surface area contributed by atoms with Crippen LogP contribution < -0.4 is 0 Å². The summed E-state index contributed by atoms with van der Waals surface area (Å²) >= 11 is 0. The van der Waals surface area contributed by atoms with Crippen LogP contribution in [-0.2, 0) is 16.0 Å². The number of aliphatic carboxylic acids is 1. The molecule has 0 radical (unpaired) electrons. The van der Waals surface area contributed by atoms with Gasteiger partial charge in [-0.1, -0.05) is 6.07 Å². The zero-order chi connectivity index (χ0) is 18.1. The second kappa shape index (κ2) is 6.37. The number of hydrogen-bond donors (Lipinski definition) is 1. The molecular formula is C17H21F2NO4. The van der Waals surface area contributed by atoms with Gasteiger partial charge in [0.25, 0.3) is 0 Å². The van der Waals surface area contributed by atoms with Gasteiger partial charge in [0.15, 0.2) is 11.6 Å². The van der Waals surface area contributed by atoms with Gasteiger partial charge in [-0.05, 0) is 51.3 Å². The standard InChI is InChI=1S/C17H21F2NO4/c1-16(2,3)24-15(23)20-8-4-7-17(20,14(21)22)10-11-5-6-12(18)13(19)9-11/h5-6,9H,4,7-8,10H2,1-3H3,(H,21,22). The van der Waals surface area contributed by atoms with Gasteiger partial charge in [-0.15, -0.1) is 0 Å². The topological polar surface area (TPSA) is 66.8 Å². The van der Waals surface area contributed by atoms with Crippen molar-refractivity contribution in [3.05, 3.63) is 35.4 Å². The molecule has 1 aromatic rings. The molecule has 7 heteroatoms. The number of carboxylic acid groups (broad SMARTS) is 1. The summed E-state index contributed by atoms with van der Waals surface area (Å²) in [5.41, 5.74) is -1.97. The fraction of sp³-hybridized carbons (Fsp3) is 0.529. The van der Waals surface area contributed by atoms with Crippen molar-refractivity contribution in [2.24, 2.45) is 0 Å². The zero-order valence-corrected chi connectivity index (χ0v) is 13.9. The number of carboxylic acids is 1. The normalized spacial score (nSPS) is 21.0. The summed E-state index contributed by atoms with van der Waals surface area (Å²) in [5, 5.41) is 9.75. The molecule has 0 bridgehead atoms. The molecule has 1 amide bonds. The molecule has 1 aromatic carbocycles. The van der Waals surface area contributed by atoms with E-state index in [1.165, 1.54) is 11.0 Å². The van der Waals surface area contributed by atoms with Gasteiger partial charge in [0.1, 0.15) is 11.1 Å². The van der Waals surface area contributed by atoms with Crippen LogP contribution in [-0.4, -0.2) is 39.8 Å². The van der Waals surface area contributed by atoms with E-state index in [4.69, 9.17) is 4.74 Å². The number of rotatable bonds is 3. The minimum Gasteiger partial charge on any atom is -0.479 e. The molecule has 1 atom stereocenters. The van der Waals surface area contributed by atoms with Crippen LogP contribution in [0.1, 0.15) is 39.2 Å². The van der Waals surface area contributed by atoms with Crippen LogP contribution in [0.25, 0.3) is 0 Å². The van der Waals surface area contributed by atoms with Crippen LogP contribution in [0.3, 0.4) is 0 Å². The van der Waals surface area contributed by atoms with Crippen molar-refractivity contribution >= 4 is 12.1 Å². The van der Waals surface area contributed by atoms with Gasteiger partial charge in [0.2, 0.25) is 0 Å². The minimum absolute atomic E-state index is 0.112. The van der Waals surface area contributed by atoms with Gasteiger partial charge in [-0.2, -0.15) is 0 Å². The second-order valence-electron chi connectivity index (χ2n) is 7.00. The smallest absolute Gasteiger partial charge is 0.411 e. The first-order valence-corrected chi connectivity index (χ1v) is 7.73. The molecule has 1 aliphatic rings. The summed E-state index contributed by atoms with van der Waals surface area (Å²) in [6, 6.07) is 3.24. The average Bonchev–Trinajstić information content (AvgIpc) is 2.86.